The van der Waals surface area contributed by atoms with E-state index in [1.165, 1.54) is 12.1 Å². The molecule has 0 heterocycles. The number of carbonyl (C=O) groups is 1. The monoisotopic (exact) mass is 279 g/mol. The summed E-state index contributed by atoms with van der Waals surface area (Å²) in [5, 5.41) is 12.0. The summed E-state index contributed by atoms with van der Waals surface area (Å²) in [4.78, 5) is 10.7. The fourth-order valence-corrected chi connectivity index (χ4v) is 1.89. The van der Waals surface area contributed by atoms with Crippen LogP contribution >= 0.6 is 11.8 Å². The van der Waals surface area contributed by atoms with Gasteiger partial charge in [-0.05, 0) is 24.3 Å². The first-order chi connectivity index (χ1) is 9.24. The molecular formula is C14H17NO3S. The molecule has 0 aromatic heterocycles. The molecule has 0 saturated heterocycles. The number of benzene rings is 1. The first-order valence-corrected chi connectivity index (χ1v) is 7.07. The molecule has 5 heteroatoms. The van der Waals surface area contributed by atoms with Crippen molar-refractivity contribution in [2.75, 3.05) is 31.2 Å². The predicted octanol–water partition coefficient (Wildman–Crippen LogP) is 1.72. The van der Waals surface area contributed by atoms with Gasteiger partial charge in [0.2, 0.25) is 0 Å². The van der Waals surface area contributed by atoms with Crippen LogP contribution in [0.3, 0.4) is 0 Å². The van der Waals surface area contributed by atoms with E-state index in [-0.39, 0.29) is 5.56 Å². The van der Waals surface area contributed by atoms with Gasteiger partial charge in [0.15, 0.2) is 0 Å². The zero-order valence-electron chi connectivity index (χ0n) is 10.6. The van der Waals surface area contributed by atoms with Gasteiger partial charge in [-0.3, -0.25) is 0 Å². The standard InChI is InChI=1S/C14H17NO3S/c1-2-10-19-11-8-15-7-9-18-13-5-3-12(4-6-13)14(16)17/h1,3-6,15H,7-11H2,(H,16,17). The summed E-state index contributed by atoms with van der Waals surface area (Å²) in [5.41, 5.74) is 0.260. The second-order valence-corrected chi connectivity index (χ2v) is 4.79. The zero-order valence-corrected chi connectivity index (χ0v) is 11.4. The number of nitrogens with one attached hydrogen (secondary N) is 1. The molecule has 0 aliphatic heterocycles. The number of hydrogen-bond acceptors (Lipinski definition) is 4. The average molecular weight is 279 g/mol. The Morgan fingerprint density at radius 1 is 1.37 bits per heavy atom. The second-order valence-electron chi connectivity index (χ2n) is 3.68. The van der Waals surface area contributed by atoms with Gasteiger partial charge in [-0.25, -0.2) is 4.79 Å². The molecule has 0 saturated carbocycles. The molecule has 102 valence electrons. The van der Waals surface area contributed by atoms with Crippen molar-refractivity contribution >= 4 is 17.7 Å². The summed E-state index contributed by atoms with van der Waals surface area (Å²) < 4.78 is 5.47. The summed E-state index contributed by atoms with van der Waals surface area (Å²) in [5.74, 6) is 4.04. The Bertz CT molecular complexity index is 425. The molecule has 1 aromatic rings. The van der Waals surface area contributed by atoms with Crippen LogP contribution in [0, 0.1) is 12.3 Å². The summed E-state index contributed by atoms with van der Waals surface area (Å²) in [6.45, 7) is 2.19. The highest BCUT2D eigenvalue weighted by atomic mass is 32.2. The molecule has 0 amide bonds. The van der Waals surface area contributed by atoms with Gasteiger partial charge in [0, 0.05) is 18.8 Å². The van der Waals surface area contributed by atoms with Gasteiger partial charge in [-0.2, -0.15) is 0 Å². The Balaban J connectivity index is 2.09. The first-order valence-electron chi connectivity index (χ1n) is 5.92. The Hall–Kier alpha value is -1.64. The Kier molecular flexibility index (Phi) is 7.56. The van der Waals surface area contributed by atoms with Crippen LogP contribution in [-0.2, 0) is 0 Å². The van der Waals surface area contributed by atoms with Crippen LogP contribution in [0.2, 0.25) is 0 Å². The van der Waals surface area contributed by atoms with E-state index in [1.54, 1.807) is 23.9 Å². The van der Waals surface area contributed by atoms with Crippen LogP contribution in [0.1, 0.15) is 10.4 Å². The molecule has 0 aliphatic rings. The van der Waals surface area contributed by atoms with Gasteiger partial charge in [0.1, 0.15) is 12.4 Å². The average Bonchev–Trinajstić information content (AvgIpc) is 2.42. The number of terminal acetylenes is 1. The molecule has 0 aliphatic carbocycles. The van der Waals surface area contributed by atoms with E-state index in [0.29, 0.717) is 12.4 Å². The fourth-order valence-electron chi connectivity index (χ4n) is 1.34. The third kappa shape index (κ3) is 6.75. The third-order valence-electron chi connectivity index (χ3n) is 2.26. The summed E-state index contributed by atoms with van der Waals surface area (Å²) in [6, 6.07) is 6.38. The molecule has 0 spiro atoms. The van der Waals surface area contributed by atoms with Crippen molar-refractivity contribution in [2.45, 2.75) is 0 Å². The van der Waals surface area contributed by atoms with Gasteiger partial charge < -0.3 is 15.2 Å². The highest BCUT2D eigenvalue weighted by molar-refractivity contribution is 7.99. The van der Waals surface area contributed by atoms with E-state index in [9.17, 15) is 4.79 Å². The maximum Gasteiger partial charge on any atom is 0.335 e. The molecule has 4 nitrogen and oxygen atoms in total. The minimum Gasteiger partial charge on any atom is -0.492 e. The summed E-state index contributed by atoms with van der Waals surface area (Å²) in [7, 11) is 0. The Labute approximate surface area is 117 Å². The van der Waals surface area contributed by atoms with Crippen molar-refractivity contribution in [1.82, 2.24) is 5.32 Å². The van der Waals surface area contributed by atoms with E-state index >= 15 is 0 Å². The summed E-state index contributed by atoms with van der Waals surface area (Å²) in [6.07, 6.45) is 5.14. The van der Waals surface area contributed by atoms with Crippen LogP contribution in [0.4, 0.5) is 0 Å². The van der Waals surface area contributed by atoms with Gasteiger partial charge in [-0.1, -0.05) is 5.92 Å². The molecule has 0 fully saturated rings. The van der Waals surface area contributed by atoms with Crippen molar-refractivity contribution in [3.05, 3.63) is 29.8 Å². The number of carboxylic acids is 1. The van der Waals surface area contributed by atoms with Crippen LogP contribution in [0.15, 0.2) is 24.3 Å². The molecule has 1 aromatic carbocycles. The lowest BCUT2D eigenvalue weighted by Crippen LogP contribution is -2.23. The van der Waals surface area contributed by atoms with Crippen molar-refractivity contribution in [1.29, 1.82) is 0 Å². The molecule has 0 unspecified atom stereocenters. The number of carboxylic acid groups (broad SMARTS) is 1. The normalized spacial score (nSPS) is 9.84. The molecule has 0 atom stereocenters. The van der Waals surface area contributed by atoms with Gasteiger partial charge in [0.25, 0.3) is 0 Å². The maximum atomic E-state index is 10.7. The van der Waals surface area contributed by atoms with Gasteiger partial charge in [0.05, 0.1) is 11.3 Å². The van der Waals surface area contributed by atoms with E-state index < -0.39 is 5.97 Å². The minimum atomic E-state index is -0.933. The molecular weight excluding hydrogens is 262 g/mol. The number of ether oxygens (including phenoxy) is 1. The van der Waals surface area contributed by atoms with E-state index in [1.807, 2.05) is 0 Å². The minimum absolute atomic E-state index is 0.260. The van der Waals surface area contributed by atoms with Crippen LogP contribution in [0.25, 0.3) is 0 Å². The van der Waals surface area contributed by atoms with E-state index in [0.717, 1.165) is 24.6 Å². The first kappa shape index (κ1) is 15.4. The molecule has 19 heavy (non-hydrogen) atoms. The molecule has 0 radical (unpaired) electrons. The van der Waals surface area contributed by atoms with E-state index in [2.05, 4.69) is 11.2 Å². The fraction of sp³-hybridized carbons (Fsp3) is 0.357. The zero-order chi connectivity index (χ0) is 13.9. The topological polar surface area (TPSA) is 58.6 Å². The molecule has 2 N–H and O–H groups in total. The number of thioether (sulfide) groups is 1. The van der Waals surface area contributed by atoms with E-state index in [4.69, 9.17) is 16.3 Å². The van der Waals surface area contributed by atoms with Crippen molar-refractivity contribution in [3.8, 4) is 18.1 Å². The van der Waals surface area contributed by atoms with Crippen LogP contribution < -0.4 is 10.1 Å². The second kappa shape index (κ2) is 9.31. The highest BCUT2D eigenvalue weighted by Gasteiger charge is 2.01. The van der Waals surface area contributed by atoms with Gasteiger partial charge >= 0.3 is 5.97 Å². The smallest absolute Gasteiger partial charge is 0.335 e. The number of aromatic carboxylic acids is 1. The quantitative estimate of drug-likeness (QED) is 0.532. The lowest BCUT2D eigenvalue weighted by Gasteiger charge is -2.07. The largest absolute Gasteiger partial charge is 0.492 e. The number of rotatable bonds is 9. The Morgan fingerprint density at radius 2 is 2.11 bits per heavy atom. The van der Waals surface area contributed by atoms with Crippen molar-refractivity contribution < 1.29 is 14.6 Å². The van der Waals surface area contributed by atoms with Crippen LogP contribution in [-0.4, -0.2) is 42.3 Å². The molecule has 1 rings (SSSR count). The SMILES string of the molecule is C#CCSCCNCCOc1ccc(C(=O)O)cc1. The van der Waals surface area contributed by atoms with Crippen LogP contribution in [0.5, 0.6) is 5.75 Å². The lowest BCUT2D eigenvalue weighted by atomic mass is 10.2. The number of hydrogen-bond donors (Lipinski definition) is 2. The summed E-state index contributed by atoms with van der Waals surface area (Å²) >= 11 is 1.72. The Morgan fingerprint density at radius 3 is 2.74 bits per heavy atom. The molecule has 0 bridgehead atoms. The third-order valence-corrected chi connectivity index (χ3v) is 3.12. The predicted molar refractivity (Wildman–Crippen MR) is 77.9 cm³/mol. The maximum absolute atomic E-state index is 10.7. The highest BCUT2D eigenvalue weighted by Crippen LogP contribution is 2.11. The van der Waals surface area contributed by atoms with Gasteiger partial charge in [-0.15, -0.1) is 18.2 Å². The lowest BCUT2D eigenvalue weighted by molar-refractivity contribution is 0.0697. The van der Waals surface area contributed by atoms with Crippen molar-refractivity contribution in [3.63, 3.8) is 0 Å². The van der Waals surface area contributed by atoms with Crippen molar-refractivity contribution in [2.24, 2.45) is 0 Å².